The SMILES string of the molecule is O=C(Nc1cc(F)cc(F)c1)c1cn2cc(-c3ccoc3)ccc2n1. The first kappa shape index (κ1) is 15.1. The van der Waals surface area contributed by atoms with E-state index in [0.717, 1.165) is 29.3 Å². The standard InChI is InChI=1S/C18H11F2N3O2/c19-13-5-14(20)7-15(6-13)21-18(24)16-9-23-8-11(1-2-17(23)22-16)12-3-4-25-10-12/h1-10H,(H,21,24). The number of carbonyl (C=O) groups is 1. The Labute approximate surface area is 140 Å². The molecule has 5 nitrogen and oxygen atoms in total. The number of halogens is 2. The van der Waals surface area contributed by atoms with Gasteiger partial charge >= 0.3 is 0 Å². The zero-order valence-corrected chi connectivity index (χ0v) is 12.7. The molecule has 1 amide bonds. The van der Waals surface area contributed by atoms with Crippen LogP contribution in [0.5, 0.6) is 0 Å². The van der Waals surface area contributed by atoms with E-state index >= 15 is 0 Å². The van der Waals surface area contributed by atoms with E-state index in [9.17, 15) is 13.6 Å². The zero-order chi connectivity index (χ0) is 17.4. The lowest BCUT2D eigenvalue weighted by Crippen LogP contribution is -2.12. The number of nitrogens with zero attached hydrogens (tertiary/aromatic N) is 2. The number of benzene rings is 1. The van der Waals surface area contributed by atoms with Crippen LogP contribution in [0.2, 0.25) is 0 Å². The first-order valence-corrected chi connectivity index (χ1v) is 7.37. The summed E-state index contributed by atoms with van der Waals surface area (Å²) in [6.45, 7) is 0. The zero-order valence-electron chi connectivity index (χ0n) is 12.7. The molecule has 1 N–H and O–H groups in total. The maximum atomic E-state index is 13.2. The van der Waals surface area contributed by atoms with E-state index in [1.165, 1.54) is 0 Å². The second-order valence-corrected chi connectivity index (χ2v) is 5.43. The van der Waals surface area contributed by atoms with Crippen molar-refractivity contribution >= 4 is 17.2 Å². The maximum absolute atomic E-state index is 13.2. The van der Waals surface area contributed by atoms with E-state index in [1.54, 1.807) is 29.2 Å². The molecule has 4 aromatic rings. The predicted molar refractivity (Wildman–Crippen MR) is 87.2 cm³/mol. The van der Waals surface area contributed by atoms with Crippen molar-refractivity contribution in [1.29, 1.82) is 0 Å². The van der Waals surface area contributed by atoms with E-state index in [2.05, 4.69) is 10.3 Å². The van der Waals surface area contributed by atoms with Crippen LogP contribution in [-0.2, 0) is 0 Å². The van der Waals surface area contributed by atoms with Crippen molar-refractivity contribution in [2.24, 2.45) is 0 Å². The summed E-state index contributed by atoms with van der Waals surface area (Å²) >= 11 is 0. The van der Waals surface area contributed by atoms with Gasteiger partial charge in [0.05, 0.1) is 12.5 Å². The quantitative estimate of drug-likeness (QED) is 0.611. The molecule has 0 bridgehead atoms. The summed E-state index contributed by atoms with van der Waals surface area (Å²) in [5, 5.41) is 2.43. The number of hydrogen-bond donors (Lipinski definition) is 1. The van der Waals surface area contributed by atoms with Crippen LogP contribution in [0.4, 0.5) is 14.5 Å². The lowest BCUT2D eigenvalue weighted by Gasteiger charge is -2.03. The normalized spacial score (nSPS) is 11.0. The summed E-state index contributed by atoms with van der Waals surface area (Å²) in [5.74, 6) is -2.09. The molecule has 0 fully saturated rings. The van der Waals surface area contributed by atoms with Gasteiger partial charge < -0.3 is 14.1 Å². The van der Waals surface area contributed by atoms with Crippen LogP contribution in [0.15, 0.2) is 65.7 Å². The average molecular weight is 339 g/mol. The number of rotatable bonds is 3. The molecule has 25 heavy (non-hydrogen) atoms. The first-order valence-electron chi connectivity index (χ1n) is 7.37. The molecule has 7 heteroatoms. The lowest BCUT2D eigenvalue weighted by molar-refractivity contribution is 0.102. The highest BCUT2D eigenvalue weighted by atomic mass is 19.1. The van der Waals surface area contributed by atoms with Gasteiger partial charge in [-0.25, -0.2) is 13.8 Å². The lowest BCUT2D eigenvalue weighted by atomic mass is 10.1. The minimum Gasteiger partial charge on any atom is -0.472 e. The maximum Gasteiger partial charge on any atom is 0.275 e. The van der Waals surface area contributed by atoms with Crippen LogP contribution in [-0.4, -0.2) is 15.3 Å². The fourth-order valence-electron chi connectivity index (χ4n) is 2.52. The number of furan rings is 1. The largest absolute Gasteiger partial charge is 0.472 e. The van der Waals surface area contributed by atoms with Crippen molar-refractivity contribution in [3.63, 3.8) is 0 Å². The number of imidazole rings is 1. The monoisotopic (exact) mass is 339 g/mol. The number of anilines is 1. The fourth-order valence-corrected chi connectivity index (χ4v) is 2.52. The van der Waals surface area contributed by atoms with Gasteiger partial charge in [-0.05, 0) is 30.3 Å². The van der Waals surface area contributed by atoms with Crippen LogP contribution in [0.25, 0.3) is 16.8 Å². The molecule has 0 radical (unpaired) electrons. The fraction of sp³-hybridized carbons (Fsp3) is 0. The number of pyridine rings is 1. The van der Waals surface area contributed by atoms with Crippen LogP contribution in [0, 0.1) is 11.6 Å². The van der Waals surface area contributed by atoms with Gasteiger partial charge in [-0.15, -0.1) is 0 Å². The van der Waals surface area contributed by atoms with Gasteiger partial charge in [-0.2, -0.15) is 0 Å². The molecule has 0 saturated heterocycles. The van der Waals surface area contributed by atoms with E-state index in [-0.39, 0.29) is 11.4 Å². The molecule has 0 aliphatic heterocycles. The summed E-state index contributed by atoms with van der Waals surface area (Å²) in [6, 6.07) is 8.25. The third-order valence-electron chi connectivity index (χ3n) is 3.66. The van der Waals surface area contributed by atoms with E-state index in [4.69, 9.17) is 4.42 Å². The molecule has 0 aliphatic rings. The number of amides is 1. The Kier molecular flexibility index (Phi) is 3.53. The molecule has 0 spiro atoms. The van der Waals surface area contributed by atoms with E-state index < -0.39 is 17.5 Å². The van der Waals surface area contributed by atoms with Crippen molar-refractivity contribution in [3.05, 3.63) is 78.6 Å². The summed E-state index contributed by atoms with van der Waals surface area (Å²) in [5.41, 5.74) is 2.53. The number of nitrogens with one attached hydrogen (secondary N) is 1. The van der Waals surface area contributed by atoms with Crippen LogP contribution >= 0.6 is 0 Å². The van der Waals surface area contributed by atoms with Crippen molar-refractivity contribution in [3.8, 4) is 11.1 Å². The Bertz CT molecular complexity index is 1050. The van der Waals surface area contributed by atoms with Gasteiger partial charge in [0.25, 0.3) is 5.91 Å². The van der Waals surface area contributed by atoms with Gasteiger partial charge in [0.15, 0.2) is 0 Å². The number of aromatic nitrogens is 2. The highest BCUT2D eigenvalue weighted by Gasteiger charge is 2.13. The molecule has 124 valence electrons. The molecular weight excluding hydrogens is 328 g/mol. The Morgan fingerprint density at radius 2 is 1.84 bits per heavy atom. The topological polar surface area (TPSA) is 59.5 Å². The second-order valence-electron chi connectivity index (χ2n) is 5.43. The summed E-state index contributed by atoms with van der Waals surface area (Å²) in [6.07, 6.45) is 6.55. The highest BCUT2D eigenvalue weighted by molar-refractivity contribution is 6.03. The number of hydrogen-bond acceptors (Lipinski definition) is 3. The minimum atomic E-state index is -0.768. The highest BCUT2D eigenvalue weighted by Crippen LogP contribution is 2.21. The van der Waals surface area contributed by atoms with Crippen molar-refractivity contribution in [2.45, 2.75) is 0 Å². The Morgan fingerprint density at radius 3 is 2.56 bits per heavy atom. The third-order valence-corrected chi connectivity index (χ3v) is 3.66. The smallest absolute Gasteiger partial charge is 0.275 e. The number of carbonyl (C=O) groups excluding carboxylic acids is 1. The molecule has 3 aromatic heterocycles. The van der Waals surface area contributed by atoms with Gasteiger partial charge in [0.1, 0.15) is 23.0 Å². The van der Waals surface area contributed by atoms with Gasteiger partial charge in [-0.3, -0.25) is 4.79 Å². The van der Waals surface area contributed by atoms with Crippen molar-refractivity contribution < 1.29 is 18.0 Å². The third kappa shape index (κ3) is 2.99. The minimum absolute atomic E-state index is 0.0265. The van der Waals surface area contributed by atoms with Crippen molar-refractivity contribution in [1.82, 2.24) is 9.38 Å². The molecule has 0 unspecified atom stereocenters. The predicted octanol–water partition coefficient (Wildman–Crippen LogP) is 4.12. The molecule has 0 saturated carbocycles. The summed E-state index contributed by atoms with van der Waals surface area (Å²) in [7, 11) is 0. The van der Waals surface area contributed by atoms with E-state index in [1.807, 2.05) is 18.3 Å². The van der Waals surface area contributed by atoms with Crippen LogP contribution < -0.4 is 5.32 Å². The first-order chi connectivity index (χ1) is 12.1. The molecule has 0 atom stereocenters. The molecule has 4 rings (SSSR count). The summed E-state index contributed by atoms with van der Waals surface area (Å²) in [4.78, 5) is 16.5. The Morgan fingerprint density at radius 1 is 1.04 bits per heavy atom. The average Bonchev–Trinajstić information content (AvgIpc) is 3.22. The Hall–Kier alpha value is -3.48. The Balaban J connectivity index is 1.63. The van der Waals surface area contributed by atoms with Crippen LogP contribution in [0.1, 0.15) is 10.5 Å². The van der Waals surface area contributed by atoms with Gasteiger partial charge in [0.2, 0.25) is 0 Å². The molecular formula is C18H11F2N3O2. The van der Waals surface area contributed by atoms with Crippen LogP contribution in [0.3, 0.4) is 0 Å². The summed E-state index contributed by atoms with van der Waals surface area (Å²) < 4.78 is 33.2. The molecule has 0 aliphatic carbocycles. The number of fused-ring (bicyclic) bond motifs is 1. The molecule has 3 heterocycles. The van der Waals surface area contributed by atoms with E-state index in [0.29, 0.717) is 5.65 Å². The molecule has 1 aromatic carbocycles. The van der Waals surface area contributed by atoms with Gasteiger partial charge in [-0.1, -0.05) is 0 Å². The van der Waals surface area contributed by atoms with Crippen molar-refractivity contribution in [2.75, 3.05) is 5.32 Å². The van der Waals surface area contributed by atoms with Gasteiger partial charge in [0, 0.05) is 35.3 Å². The second kappa shape index (κ2) is 5.86.